The van der Waals surface area contributed by atoms with E-state index in [1.54, 1.807) is 0 Å². The molecule has 1 heterocycles. The quantitative estimate of drug-likeness (QED) is 0.901. The van der Waals surface area contributed by atoms with Crippen LogP contribution < -0.4 is 10.6 Å². The second-order valence-electron chi connectivity index (χ2n) is 6.49. The first-order valence-corrected chi connectivity index (χ1v) is 8.21. The van der Waals surface area contributed by atoms with Crippen molar-refractivity contribution in [1.82, 2.24) is 10.6 Å². The summed E-state index contributed by atoms with van der Waals surface area (Å²) in [6.07, 6.45) is 0. The van der Waals surface area contributed by atoms with Gasteiger partial charge in [-0.1, -0.05) is 48.0 Å². The van der Waals surface area contributed by atoms with Crippen LogP contribution in [0.1, 0.15) is 36.1 Å². The van der Waals surface area contributed by atoms with E-state index in [0.29, 0.717) is 11.6 Å². The van der Waals surface area contributed by atoms with Gasteiger partial charge in [0.05, 0.1) is 5.41 Å². The highest BCUT2D eigenvalue weighted by atomic mass is 35.5. The van der Waals surface area contributed by atoms with E-state index in [1.165, 1.54) is 11.1 Å². The molecule has 1 aliphatic heterocycles. The van der Waals surface area contributed by atoms with Crippen LogP contribution in [0.15, 0.2) is 42.5 Å². The fraction of sp³-hybridized carbons (Fsp3) is 0.316. The van der Waals surface area contributed by atoms with Crippen molar-refractivity contribution in [2.45, 2.75) is 38.9 Å². The van der Waals surface area contributed by atoms with Crippen LogP contribution >= 0.6 is 11.6 Å². The Morgan fingerprint density at radius 2 is 1.91 bits per heavy atom. The Bertz CT molecular complexity index is 740. The number of carbonyl (C=O) groups is 1. The van der Waals surface area contributed by atoms with E-state index in [0.717, 1.165) is 24.2 Å². The minimum Gasteiger partial charge on any atom is -0.351 e. The largest absolute Gasteiger partial charge is 0.351 e. The summed E-state index contributed by atoms with van der Waals surface area (Å²) in [6, 6.07) is 13.9. The monoisotopic (exact) mass is 328 g/mol. The van der Waals surface area contributed by atoms with Crippen molar-refractivity contribution in [3.05, 3.63) is 69.7 Å². The molecule has 3 rings (SSSR count). The van der Waals surface area contributed by atoms with E-state index < -0.39 is 5.41 Å². The predicted molar refractivity (Wildman–Crippen MR) is 93.3 cm³/mol. The van der Waals surface area contributed by atoms with Gasteiger partial charge in [0.2, 0.25) is 5.91 Å². The van der Waals surface area contributed by atoms with Gasteiger partial charge in [0.1, 0.15) is 0 Å². The number of rotatable bonds is 4. The Hall–Kier alpha value is -1.84. The first-order chi connectivity index (χ1) is 11.0. The van der Waals surface area contributed by atoms with E-state index >= 15 is 0 Å². The van der Waals surface area contributed by atoms with E-state index in [1.807, 2.05) is 38.1 Å². The molecule has 0 radical (unpaired) electrons. The lowest BCUT2D eigenvalue weighted by atomic mass is 9.83. The number of halogens is 1. The SMILES string of the molecule is CC(C)(C(=O)NCc1ccc2c(c1)CNC2)c1ccccc1Cl. The van der Waals surface area contributed by atoms with Crippen molar-refractivity contribution >= 4 is 17.5 Å². The molecule has 2 N–H and O–H groups in total. The number of hydrogen-bond acceptors (Lipinski definition) is 2. The van der Waals surface area contributed by atoms with E-state index in [2.05, 4.69) is 28.8 Å². The summed E-state index contributed by atoms with van der Waals surface area (Å²) in [5.74, 6) is -0.0239. The van der Waals surface area contributed by atoms with Crippen molar-refractivity contribution in [3.63, 3.8) is 0 Å². The third-order valence-electron chi connectivity index (χ3n) is 4.47. The number of nitrogens with one attached hydrogen (secondary N) is 2. The number of carbonyl (C=O) groups excluding carboxylic acids is 1. The average molecular weight is 329 g/mol. The second kappa shape index (κ2) is 6.34. The fourth-order valence-corrected chi connectivity index (χ4v) is 3.32. The van der Waals surface area contributed by atoms with Gasteiger partial charge in [-0.25, -0.2) is 0 Å². The van der Waals surface area contributed by atoms with Gasteiger partial charge in [0.25, 0.3) is 0 Å². The van der Waals surface area contributed by atoms with Gasteiger partial charge in [-0.15, -0.1) is 0 Å². The number of benzene rings is 2. The highest BCUT2D eigenvalue weighted by molar-refractivity contribution is 6.31. The van der Waals surface area contributed by atoms with Crippen LogP contribution in [0.5, 0.6) is 0 Å². The molecule has 2 aromatic rings. The number of amides is 1. The van der Waals surface area contributed by atoms with Crippen LogP contribution in [0.2, 0.25) is 5.02 Å². The van der Waals surface area contributed by atoms with Crippen LogP contribution in [0.4, 0.5) is 0 Å². The molecule has 23 heavy (non-hydrogen) atoms. The van der Waals surface area contributed by atoms with Crippen molar-refractivity contribution < 1.29 is 4.79 Å². The van der Waals surface area contributed by atoms with Gasteiger partial charge in [-0.2, -0.15) is 0 Å². The van der Waals surface area contributed by atoms with Gasteiger partial charge in [0, 0.05) is 24.7 Å². The molecule has 120 valence electrons. The summed E-state index contributed by atoms with van der Waals surface area (Å²) in [5, 5.41) is 6.99. The topological polar surface area (TPSA) is 41.1 Å². The molecule has 0 saturated heterocycles. The molecule has 1 aliphatic rings. The molecule has 1 amide bonds. The van der Waals surface area contributed by atoms with Gasteiger partial charge in [-0.3, -0.25) is 4.79 Å². The molecule has 0 unspecified atom stereocenters. The van der Waals surface area contributed by atoms with Crippen LogP contribution in [0.25, 0.3) is 0 Å². The molecule has 4 heteroatoms. The summed E-state index contributed by atoms with van der Waals surface area (Å²) in [7, 11) is 0. The zero-order chi connectivity index (χ0) is 16.4. The maximum Gasteiger partial charge on any atom is 0.230 e. The number of hydrogen-bond donors (Lipinski definition) is 2. The molecule has 2 aromatic carbocycles. The average Bonchev–Trinajstić information content (AvgIpc) is 3.00. The summed E-state index contributed by atoms with van der Waals surface area (Å²) in [4.78, 5) is 12.6. The normalized spacial score (nSPS) is 13.7. The lowest BCUT2D eigenvalue weighted by Crippen LogP contribution is -2.39. The summed E-state index contributed by atoms with van der Waals surface area (Å²) in [6.45, 7) is 6.16. The molecule has 0 spiro atoms. The molecule has 0 aromatic heterocycles. The molecule has 0 atom stereocenters. The lowest BCUT2D eigenvalue weighted by Gasteiger charge is -2.25. The van der Waals surface area contributed by atoms with E-state index in [-0.39, 0.29) is 5.91 Å². The Labute approximate surface area is 142 Å². The molecular formula is C19H21ClN2O. The first-order valence-electron chi connectivity index (χ1n) is 7.83. The summed E-state index contributed by atoms with van der Waals surface area (Å²) < 4.78 is 0. The Morgan fingerprint density at radius 1 is 1.17 bits per heavy atom. The third kappa shape index (κ3) is 3.26. The first kappa shape index (κ1) is 16.0. The summed E-state index contributed by atoms with van der Waals surface area (Å²) >= 11 is 6.25. The third-order valence-corrected chi connectivity index (χ3v) is 4.80. The molecule has 0 fully saturated rings. The van der Waals surface area contributed by atoms with Crippen molar-refractivity contribution in [3.8, 4) is 0 Å². The van der Waals surface area contributed by atoms with Gasteiger partial charge < -0.3 is 10.6 Å². The smallest absolute Gasteiger partial charge is 0.230 e. The summed E-state index contributed by atoms with van der Waals surface area (Å²) in [5.41, 5.74) is 3.96. The number of fused-ring (bicyclic) bond motifs is 1. The van der Waals surface area contributed by atoms with Crippen LogP contribution in [0.3, 0.4) is 0 Å². The Morgan fingerprint density at radius 3 is 2.70 bits per heavy atom. The van der Waals surface area contributed by atoms with Crippen molar-refractivity contribution in [1.29, 1.82) is 0 Å². The molecule has 3 nitrogen and oxygen atoms in total. The fourth-order valence-electron chi connectivity index (χ4n) is 2.95. The Kier molecular flexibility index (Phi) is 4.42. The molecule has 0 bridgehead atoms. The zero-order valence-corrected chi connectivity index (χ0v) is 14.2. The molecule has 0 aliphatic carbocycles. The zero-order valence-electron chi connectivity index (χ0n) is 13.4. The maximum absolute atomic E-state index is 12.6. The van der Waals surface area contributed by atoms with E-state index in [9.17, 15) is 4.79 Å². The molecule has 0 saturated carbocycles. The highest BCUT2D eigenvalue weighted by Gasteiger charge is 2.31. The van der Waals surface area contributed by atoms with Crippen LogP contribution in [-0.2, 0) is 29.8 Å². The van der Waals surface area contributed by atoms with Gasteiger partial charge in [0.15, 0.2) is 0 Å². The van der Waals surface area contributed by atoms with Gasteiger partial charge >= 0.3 is 0 Å². The maximum atomic E-state index is 12.6. The van der Waals surface area contributed by atoms with Crippen LogP contribution in [0, 0.1) is 0 Å². The minimum absolute atomic E-state index is 0.0239. The van der Waals surface area contributed by atoms with Crippen LogP contribution in [-0.4, -0.2) is 5.91 Å². The minimum atomic E-state index is -0.670. The lowest BCUT2D eigenvalue weighted by molar-refractivity contribution is -0.125. The van der Waals surface area contributed by atoms with Crippen molar-refractivity contribution in [2.75, 3.05) is 0 Å². The second-order valence-corrected chi connectivity index (χ2v) is 6.90. The Balaban J connectivity index is 1.70. The van der Waals surface area contributed by atoms with Crippen molar-refractivity contribution in [2.24, 2.45) is 0 Å². The van der Waals surface area contributed by atoms with E-state index in [4.69, 9.17) is 11.6 Å². The standard InChI is InChI=1S/C19H21ClN2O/c1-19(2,16-5-3-4-6-17(16)20)18(23)22-10-13-7-8-14-11-21-12-15(14)9-13/h3-9,21H,10-12H2,1-2H3,(H,22,23). The predicted octanol–water partition coefficient (Wildman–Crippen LogP) is 3.54. The highest BCUT2D eigenvalue weighted by Crippen LogP contribution is 2.30. The molecular weight excluding hydrogens is 308 g/mol. The van der Waals surface area contributed by atoms with Gasteiger partial charge in [-0.05, 0) is 42.2 Å².